The lowest BCUT2D eigenvalue weighted by Gasteiger charge is -2.43. The third-order valence-electron chi connectivity index (χ3n) is 5.23. The molecule has 1 aliphatic carbocycles. The van der Waals surface area contributed by atoms with Crippen LogP contribution in [0, 0.1) is 0 Å². The number of hydrogen-bond acceptors (Lipinski definition) is 3. The van der Waals surface area contributed by atoms with E-state index in [0.29, 0.717) is 12.1 Å². The van der Waals surface area contributed by atoms with Crippen molar-refractivity contribution in [3.63, 3.8) is 0 Å². The van der Waals surface area contributed by atoms with E-state index in [1.54, 1.807) is 0 Å². The predicted molar refractivity (Wildman–Crippen MR) is 83.8 cm³/mol. The Labute approximate surface area is 122 Å². The summed E-state index contributed by atoms with van der Waals surface area (Å²) < 4.78 is 0. The lowest BCUT2D eigenvalue weighted by molar-refractivity contribution is 0.0589. The van der Waals surface area contributed by atoms with Crippen LogP contribution in [0.1, 0.15) is 36.9 Å². The van der Waals surface area contributed by atoms with E-state index in [1.165, 1.54) is 30.4 Å². The van der Waals surface area contributed by atoms with Gasteiger partial charge in [0.15, 0.2) is 0 Å². The maximum absolute atomic E-state index is 6.65. The molecule has 1 saturated heterocycles. The Balaban J connectivity index is 1.80. The number of rotatable bonds is 1. The predicted octanol–water partition coefficient (Wildman–Crippen LogP) is 2.03. The van der Waals surface area contributed by atoms with Gasteiger partial charge in [-0.05, 0) is 44.4 Å². The van der Waals surface area contributed by atoms with Crippen LogP contribution in [0.2, 0.25) is 0 Å². The average Bonchev–Trinajstić information content (AvgIpc) is 2.62. The van der Waals surface area contributed by atoms with E-state index in [1.807, 2.05) is 0 Å². The molecule has 1 heterocycles. The molecule has 1 aromatic rings. The first-order valence-electron chi connectivity index (χ1n) is 7.94. The average molecular weight is 273 g/mol. The van der Waals surface area contributed by atoms with Crippen LogP contribution < -0.4 is 5.73 Å². The van der Waals surface area contributed by atoms with E-state index >= 15 is 0 Å². The van der Waals surface area contributed by atoms with Gasteiger partial charge < -0.3 is 10.6 Å². The smallest absolute Gasteiger partial charge is 0.0455 e. The van der Waals surface area contributed by atoms with Crippen molar-refractivity contribution in [3.05, 3.63) is 35.4 Å². The number of piperazine rings is 1. The van der Waals surface area contributed by atoms with Crippen molar-refractivity contribution in [2.45, 2.75) is 44.3 Å². The monoisotopic (exact) mass is 273 g/mol. The highest BCUT2D eigenvalue weighted by Crippen LogP contribution is 2.31. The van der Waals surface area contributed by atoms with E-state index in [-0.39, 0.29) is 6.04 Å². The van der Waals surface area contributed by atoms with Crippen LogP contribution in [-0.2, 0) is 6.42 Å². The van der Waals surface area contributed by atoms with Crippen molar-refractivity contribution in [3.8, 4) is 0 Å². The van der Waals surface area contributed by atoms with Gasteiger partial charge in [0, 0.05) is 37.8 Å². The molecule has 3 nitrogen and oxygen atoms in total. The SMILES string of the molecule is CC1CN(C2CCCc3ccccc3C2N)CCN1C. The van der Waals surface area contributed by atoms with Crippen LogP contribution in [0.3, 0.4) is 0 Å². The van der Waals surface area contributed by atoms with Crippen LogP contribution in [-0.4, -0.2) is 48.6 Å². The molecule has 1 aliphatic heterocycles. The van der Waals surface area contributed by atoms with E-state index in [0.717, 1.165) is 19.6 Å². The number of nitrogens with zero attached hydrogens (tertiary/aromatic N) is 2. The molecule has 0 bridgehead atoms. The third kappa shape index (κ3) is 2.62. The van der Waals surface area contributed by atoms with Crippen molar-refractivity contribution in [1.29, 1.82) is 0 Å². The second kappa shape index (κ2) is 5.84. The normalized spacial score (nSPS) is 32.6. The summed E-state index contributed by atoms with van der Waals surface area (Å²) in [6.07, 6.45) is 3.67. The Morgan fingerprint density at radius 1 is 1.20 bits per heavy atom. The van der Waals surface area contributed by atoms with E-state index < -0.39 is 0 Å². The largest absolute Gasteiger partial charge is 0.323 e. The van der Waals surface area contributed by atoms with Gasteiger partial charge in [0.2, 0.25) is 0 Å². The summed E-state index contributed by atoms with van der Waals surface area (Å²) in [6.45, 7) is 5.78. The van der Waals surface area contributed by atoms with Gasteiger partial charge in [0.25, 0.3) is 0 Å². The fourth-order valence-electron chi connectivity index (χ4n) is 3.76. The highest BCUT2D eigenvalue weighted by molar-refractivity contribution is 5.32. The van der Waals surface area contributed by atoms with Crippen LogP contribution in [0.4, 0.5) is 0 Å². The molecule has 0 spiro atoms. The maximum atomic E-state index is 6.65. The minimum Gasteiger partial charge on any atom is -0.323 e. The first kappa shape index (κ1) is 14.1. The van der Waals surface area contributed by atoms with Crippen molar-refractivity contribution in [1.82, 2.24) is 9.80 Å². The summed E-state index contributed by atoms with van der Waals surface area (Å²) in [5.41, 5.74) is 9.49. The molecule has 20 heavy (non-hydrogen) atoms. The summed E-state index contributed by atoms with van der Waals surface area (Å²) in [4.78, 5) is 5.09. The van der Waals surface area contributed by atoms with Gasteiger partial charge in [-0.2, -0.15) is 0 Å². The maximum Gasteiger partial charge on any atom is 0.0455 e. The molecule has 2 aliphatic rings. The minimum atomic E-state index is 0.171. The van der Waals surface area contributed by atoms with Gasteiger partial charge in [-0.1, -0.05) is 24.3 Å². The standard InChI is InChI=1S/C17H27N3/c1-13-12-20(11-10-19(13)2)16-9-5-7-14-6-3-4-8-15(14)17(16)18/h3-4,6,8,13,16-17H,5,7,9-12,18H2,1-2H3. The molecule has 0 amide bonds. The zero-order valence-corrected chi connectivity index (χ0v) is 12.8. The van der Waals surface area contributed by atoms with Gasteiger partial charge in [-0.15, -0.1) is 0 Å². The molecule has 1 fully saturated rings. The first-order valence-corrected chi connectivity index (χ1v) is 7.94. The highest BCUT2D eigenvalue weighted by atomic mass is 15.3. The Hall–Kier alpha value is -0.900. The lowest BCUT2D eigenvalue weighted by atomic mass is 9.95. The molecule has 3 heteroatoms. The number of benzene rings is 1. The number of likely N-dealkylation sites (N-methyl/N-ethyl adjacent to an activating group) is 1. The van der Waals surface area contributed by atoms with Crippen molar-refractivity contribution >= 4 is 0 Å². The third-order valence-corrected chi connectivity index (χ3v) is 5.23. The summed E-state index contributed by atoms with van der Waals surface area (Å²) in [5.74, 6) is 0. The molecule has 3 rings (SSSR count). The van der Waals surface area contributed by atoms with Crippen molar-refractivity contribution < 1.29 is 0 Å². The summed E-state index contributed by atoms with van der Waals surface area (Å²) in [6, 6.07) is 10.1. The molecule has 0 saturated carbocycles. The van der Waals surface area contributed by atoms with Crippen LogP contribution in [0.5, 0.6) is 0 Å². The molecular formula is C17H27N3. The van der Waals surface area contributed by atoms with Gasteiger partial charge in [0.1, 0.15) is 0 Å². The molecule has 0 aromatic heterocycles. The minimum absolute atomic E-state index is 0.171. The van der Waals surface area contributed by atoms with E-state index in [9.17, 15) is 0 Å². The zero-order chi connectivity index (χ0) is 14.1. The van der Waals surface area contributed by atoms with Gasteiger partial charge in [-0.3, -0.25) is 4.90 Å². The van der Waals surface area contributed by atoms with Crippen molar-refractivity contribution in [2.75, 3.05) is 26.7 Å². The number of hydrogen-bond donors (Lipinski definition) is 1. The first-order chi connectivity index (χ1) is 9.66. The Kier molecular flexibility index (Phi) is 4.11. The van der Waals surface area contributed by atoms with Gasteiger partial charge in [-0.25, -0.2) is 0 Å². The summed E-state index contributed by atoms with van der Waals surface area (Å²) >= 11 is 0. The molecule has 2 N–H and O–H groups in total. The Bertz CT molecular complexity index is 459. The fraction of sp³-hybridized carbons (Fsp3) is 0.647. The number of fused-ring (bicyclic) bond motifs is 1. The summed E-state index contributed by atoms with van der Waals surface area (Å²) in [7, 11) is 2.23. The Morgan fingerprint density at radius 3 is 2.80 bits per heavy atom. The topological polar surface area (TPSA) is 32.5 Å². The second-order valence-electron chi connectivity index (χ2n) is 6.51. The molecular weight excluding hydrogens is 246 g/mol. The summed E-state index contributed by atoms with van der Waals surface area (Å²) in [5, 5.41) is 0. The number of aryl methyl sites for hydroxylation is 1. The second-order valence-corrected chi connectivity index (χ2v) is 6.51. The van der Waals surface area contributed by atoms with Gasteiger partial charge >= 0.3 is 0 Å². The lowest BCUT2D eigenvalue weighted by Crippen LogP contribution is -2.55. The van der Waals surface area contributed by atoms with E-state index in [4.69, 9.17) is 5.73 Å². The van der Waals surface area contributed by atoms with E-state index in [2.05, 4.69) is 48.0 Å². The number of nitrogens with two attached hydrogens (primary N) is 1. The zero-order valence-electron chi connectivity index (χ0n) is 12.8. The molecule has 1 aromatic carbocycles. The van der Waals surface area contributed by atoms with Gasteiger partial charge in [0.05, 0.1) is 0 Å². The molecule has 3 atom stereocenters. The highest BCUT2D eigenvalue weighted by Gasteiger charge is 2.32. The van der Waals surface area contributed by atoms with Crippen molar-refractivity contribution in [2.24, 2.45) is 5.73 Å². The molecule has 3 unspecified atom stereocenters. The molecule has 0 radical (unpaired) electrons. The fourth-order valence-corrected chi connectivity index (χ4v) is 3.76. The van der Waals surface area contributed by atoms with Crippen LogP contribution in [0.15, 0.2) is 24.3 Å². The Morgan fingerprint density at radius 2 is 2.00 bits per heavy atom. The van der Waals surface area contributed by atoms with Crippen LogP contribution in [0.25, 0.3) is 0 Å². The molecule has 110 valence electrons. The quantitative estimate of drug-likeness (QED) is 0.795. The van der Waals surface area contributed by atoms with Crippen LogP contribution >= 0.6 is 0 Å².